The molecule has 0 aliphatic rings. The molecule has 0 aliphatic heterocycles. The fraction of sp³-hybridized carbons (Fsp3) is 0.143. The van der Waals surface area contributed by atoms with Crippen molar-refractivity contribution in [1.29, 1.82) is 0 Å². The highest BCUT2D eigenvalue weighted by molar-refractivity contribution is 6.17. The summed E-state index contributed by atoms with van der Waals surface area (Å²) in [6.07, 6.45) is 0. The van der Waals surface area contributed by atoms with Gasteiger partial charge >= 0.3 is 0 Å². The van der Waals surface area contributed by atoms with Crippen LogP contribution in [-0.4, -0.2) is 0 Å². The van der Waals surface area contributed by atoms with E-state index in [-0.39, 0.29) is 5.88 Å². The highest BCUT2D eigenvalue weighted by Gasteiger charge is 2.13. The molecular weight excluding hydrogens is 258 g/mol. The van der Waals surface area contributed by atoms with Crippen LogP contribution in [0.1, 0.15) is 11.1 Å². The summed E-state index contributed by atoms with van der Waals surface area (Å²) in [7, 11) is 0. The minimum atomic E-state index is -0.757. The van der Waals surface area contributed by atoms with Crippen molar-refractivity contribution >= 4 is 11.6 Å². The lowest BCUT2D eigenvalue weighted by atomic mass is 10.2. The van der Waals surface area contributed by atoms with Crippen LogP contribution in [0.3, 0.4) is 0 Å². The van der Waals surface area contributed by atoms with Gasteiger partial charge in [0.2, 0.25) is 0 Å². The predicted molar refractivity (Wildman–Crippen MR) is 67.2 cm³/mol. The molecule has 94 valence electrons. The average molecular weight is 269 g/mol. The smallest absolute Gasteiger partial charge is 0.198 e. The van der Waals surface area contributed by atoms with Crippen molar-refractivity contribution < 1.29 is 13.5 Å². The average Bonchev–Trinajstić information content (AvgIpc) is 2.33. The van der Waals surface area contributed by atoms with Gasteiger partial charge in [0.25, 0.3) is 0 Å². The van der Waals surface area contributed by atoms with E-state index < -0.39 is 17.4 Å². The van der Waals surface area contributed by atoms with Crippen LogP contribution in [0.15, 0.2) is 36.4 Å². The molecule has 0 bridgehead atoms. The van der Waals surface area contributed by atoms with E-state index in [1.165, 1.54) is 12.1 Å². The van der Waals surface area contributed by atoms with Crippen LogP contribution in [-0.2, 0) is 5.88 Å². The molecule has 0 saturated carbocycles. The number of benzene rings is 2. The Labute approximate surface area is 109 Å². The maximum absolute atomic E-state index is 13.7. The lowest BCUT2D eigenvalue weighted by Gasteiger charge is -2.09. The SMILES string of the molecule is Cc1cccc(Oc2c(F)cc(CCl)cc2F)c1. The molecule has 0 aromatic heterocycles. The van der Waals surface area contributed by atoms with Crippen molar-refractivity contribution in [3.05, 3.63) is 59.2 Å². The van der Waals surface area contributed by atoms with Crippen LogP contribution in [0.4, 0.5) is 8.78 Å². The van der Waals surface area contributed by atoms with Crippen LogP contribution in [0.2, 0.25) is 0 Å². The molecule has 18 heavy (non-hydrogen) atoms. The first kappa shape index (κ1) is 12.8. The first-order valence-electron chi connectivity index (χ1n) is 5.38. The fourth-order valence-electron chi connectivity index (χ4n) is 1.58. The molecule has 0 saturated heterocycles. The molecule has 0 radical (unpaired) electrons. The van der Waals surface area contributed by atoms with E-state index in [2.05, 4.69) is 0 Å². The van der Waals surface area contributed by atoms with Crippen molar-refractivity contribution in [2.75, 3.05) is 0 Å². The zero-order valence-electron chi connectivity index (χ0n) is 9.71. The first-order valence-corrected chi connectivity index (χ1v) is 5.92. The van der Waals surface area contributed by atoms with E-state index in [0.717, 1.165) is 5.56 Å². The van der Waals surface area contributed by atoms with Gasteiger partial charge in [-0.2, -0.15) is 0 Å². The summed E-state index contributed by atoms with van der Waals surface area (Å²) in [4.78, 5) is 0. The van der Waals surface area contributed by atoms with Gasteiger partial charge in [-0.1, -0.05) is 12.1 Å². The Balaban J connectivity index is 2.35. The normalized spacial score (nSPS) is 10.4. The fourth-order valence-corrected chi connectivity index (χ4v) is 1.74. The van der Waals surface area contributed by atoms with Gasteiger partial charge in [0.15, 0.2) is 17.4 Å². The lowest BCUT2D eigenvalue weighted by Crippen LogP contribution is -1.95. The Morgan fingerprint density at radius 1 is 1.11 bits per heavy atom. The van der Waals surface area contributed by atoms with E-state index >= 15 is 0 Å². The van der Waals surface area contributed by atoms with Gasteiger partial charge in [-0.3, -0.25) is 0 Å². The minimum Gasteiger partial charge on any atom is -0.451 e. The number of alkyl halides is 1. The standard InChI is InChI=1S/C14H11ClF2O/c1-9-3-2-4-11(5-9)18-14-12(16)6-10(8-15)7-13(14)17/h2-7H,8H2,1H3. The third-order valence-electron chi connectivity index (χ3n) is 2.42. The van der Waals surface area contributed by atoms with Gasteiger partial charge in [0.05, 0.1) is 0 Å². The molecule has 0 aliphatic carbocycles. The van der Waals surface area contributed by atoms with Gasteiger partial charge in [-0.25, -0.2) is 8.78 Å². The summed E-state index contributed by atoms with van der Waals surface area (Å²) >= 11 is 5.53. The Morgan fingerprint density at radius 3 is 2.33 bits per heavy atom. The molecule has 0 fully saturated rings. The maximum Gasteiger partial charge on any atom is 0.198 e. The van der Waals surface area contributed by atoms with Crippen LogP contribution in [0.5, 0.6) is 11.5 Å². The lowest BCUT2D eigenvalue weighted by molar-refractivity contribution is 0.406. The quantitative estimate of drug-likeness (QED) is 0.726. The molecule has 4 heteroatoms. The first-order chi connectivity index (χ1) is 8.60. The van der Waals surface area contributed by atoms with E-state index in [1.54, 1.807) is 18.2 Å². The second-order valence-electron chi connectivity index (χ2n) is 3.94. The third kappa shape index (κ3) is 2.79. The molecule has 2 aromatic rings. The van der Waals surface area contributed by atoms with Gasteiger partial charge in [-0.05, 0) is 42.3 Å². The molecule has 2 aromatic carbocycles. The summed E-state index contributed by atoms with van der Waals surface area (Å²) in [6.45, 7) is 1.87. The van der Waals surface area contributed by atoms with Crippen molar-refractivity contribution in [3.63, 3.8) is 0 Å². The highest BCUT2D eigenvalue weighted by atomic mass is 35.5. The van der Waals surface area contributed by atoms with Gasteiger partial charge < -0.3 is 4.74 Å². The predicted octanol–water partition coefficient (Wildman–Crippen LogP) is 4.80. The summed E-state index contributed by atoms with van der Waals surface area (Å²) in [5.41, 5.74) is 1.33. The molecule has 0 N–H and O–H groups in total. The molecule has 0 atom stereocenters. The van der Waals surface area contributed by atoms with Gasteiger partial charge in [-0.15, -0.1) is 11.6 Å². The molecule has 2 rings (SSSR count). The summed E-state index contributed by atoms with van der Waals surface area (Å²) in [5, 5.41) is 0. The Kier molecular flexibility index (Phi) is 3.82. The summed E-state index contributed by atoms with van der Waals surface area (Å²) in [5.74, 6) is -1.47. The Bertz CT molecular complexity index is 546. The molecule has 0 amide bonds. The summed E-state index contributed by atoms with van der Waals surface area (Å²) in [6, 6.07) is 9.31. The molecule has 1 nitrogen and oxygen atoms in total. The van der Waals surface area contributed by atoms with E-state index in [9.17, 15) is 8.78 Å². The Morgan fingerprint density at radius 2 is 1.78 bits per heavy atom. The van der Waals surface area contributed by atoms with Crippen LogP contribution in [0.25, 0.3) is 0 Å². The zero-order chi connectivity index (χ0) is 13.1. The van der Waals surface area contributed by atoms with Crippen LogP contribution >= 0.6 is 11.6 Å². The van der Waals surface area contributed by atoms with Crippen molar-refractivity contribution in [1.82, 2.24) is 0 Å². The van der Waals surface area contributed by atoms with Gasteiger partial charge in [0.1, 0.15) is 5.75 Å². The van der Waals surface area contributed by atoms with E-state index in [4.69, 9.17) is 16.3 Å². The number of hydrogen-bond donors (Lipinski definition) is 0. The monoisotopic (exact) mass is 268 g/mol. The number of rotatable bonds is 3. The second kappa shape index (κ2) is 5.36. The van der Waals surface area contributed by atoms with Crippen LogP contribution in [0, 0.1) is 18.6 Å². The van der Waals surface area contributed by atoms with E-state index in [0.29, 0.717) is 11.3 Å². The number of hydrogen-bond acceptors (Lipinski definition) is 1. The van der Waals surface area contributed by atoms with Gasteiger partial charge in [0, 0.05) is 5.88 Å². The van der Waals surface area contributed by atoms with Crippen molar-refractivity contribution in [3.8, 4) is 11.5 Å². The van der Waals surface area contributed by atoms with E-state index in [1.807, 2.05) is 13.0 Å². The third-order valence-corrected chi connectivity index (χ3v) is 2.73. The second-order valence-corrected chi connectivity index (χ2v) is 4.21. The number of aryl methyl sites for hydroxylation is 1. The number of halogens is 3. The van der Waals surface area contributed by atoms with Crippen molar-refractivity contribution in [2.24, 2.45) is 0 Å². The zero-order valence-corrected chi connectivity index (χ0v) is 10.5. The molecule has 0 spiro atoms. The summed E-state index contributed by atoms with van der Waals surface area (Å²) < 4.78 is 32.5. The van der Waals surface area contributed by atoms with Crippen LogP contribution < -0.4 is 4.74 Å². The number of ether oxygens (including phenoxy) is 1. The maximum atomic E-state index is 13.7. The highest BCUT2D eigenvalue weighted by Crippen LogP contribution is 2.29. The largest absolute Gasteiger partial charge is 0.451 e. The molecule has 0 unspecified atom stereocenters. The Hall–Kier alpha value is -1.61. The molecular formula is C14H11ClF2O. The van der Waals surface area contributed by atoms with Crippen molar-refractivity contribution in [2.45, 2.75) is 12.8 Å². The minimum absolute atomic E-state index is 0.0541. The topological polar surface area (TPSA) is 9.23 Å². The molecule has 0 heterocycles.